The second kappa shape index (κ2) is 7.36. The van der Waals surface area contributed by atoms with Crippen LogP contribution in [0.5, 0.6) is 0 Å². The number of esters is 1. The predicted molar refractivity (Wildman–Crippen MR) is 87.8 cm³/mol. The Morgan fingerprint density at radius 3 is 2.42 bits per heavy atom. The largest absolute Gasteiger partial charge is 0.449 e. The van der Waals surface area contributed by atoms with Gasteiger partial charge in [0.25, 0.3) is 11.6 Å². The van der Waals surface area contributed by atoms with Crippen molar-refractivity contribution in [3.63, 3.8) is 0 Å². The molecule has 0 saturated carbocycles. The van der Waals surface area contributed by atoms with E-state index in [1.54, 1.807) is 37.3 Å². The molecule has 0 saturated heterocycles. The second-order valence-corrected chi connectivity index (χ2v) is 5.13. The highest BCUT2D eigenvalue weighted by Crippen LogP contribution is 2.23. The van der Waals surface area contributed by atoms with Crippen molar-refractivity contribution in [1.29, 1.82) is 0 Å². The highest BCUT2D eigenvalue weighted by Gasteiger charge is 2.22. The number of carbonyl (C=O) groups excluding carboxylic acids is 2. The van der Waals surface area contributed by atoms with Crippen LogP contribution in [-0.4, -0.2) is 22.9 Å². The molecule has 0 aliphatic heterocycles. The van der Waals surface area contributed by atoms with Crippen LogP contribution in [0.2, 0.25) is 0 Å². The van der Waals surface area contributed by atoms with Crippen LogP contribution >= 0.6 is 0 Å². The molecule has 0 aliphatic carbocycles. The van der Waals surface area contributed by atoms with Crippen molar-refractivity contribution in [3.05, 3.63) is 69.8 Å². The third-order valence-electron chi connectivity index (χ3n) is 3.38. The molecule has 1 amide bonds. The van der Waals surface area contributed by atoms with Crippen LogP contribution in [0.4, 0.5) is 11.4 Å². The molecule has 0 bridgehead atoms. The predicted octanol–water partition coefficient (Wildman–Crippen LogP) is 3.09. The van der Waals surface area contributed by atoms with Gasteiger partial charge < -0.3 is 10.1 Å². The first-order valence-corrected chi connectivity index (χ1v) is 7.21. The fourth-order valence-corrected chi connectivity index (χ4v) is 2.05. The zero-order valence-electron chi connectivity index (χ0n) is 13.2. The minimum Gasteiger partial charge on any atom is -0.449 e. The maximum atomic E-state index is 12.1. The Labute approximate surface area is 138 Å². The van der Waals surface area contributed by atoms with E-state index in [9.17, 15) is 19.7 Å². The lowest BCUT2D eigenvalue weighted by Crippen LogP contribution is -2.30. The van der Waals surface area contributed by atoms with Gasteiger partial charge in [0.15, 0.2) is 6.10 Å². The molecule has 2 aromatic carbocycles. The molecule has 1 atom stereocenters. The van der Waals surface area contributed by atoms with Gasteiger partial charge in [0.05, 0.1) is 10.5 Å². The molecular formula is C17H16N2O5. The van der Waals surface area contributed by atoms with Gasteiger partial charge in [0.2, 0.25) is 0 Å². The van der Waals surface area contributed by atoms with Crippen LogP contribution in [0.15, 0.2) is 48.5 Å². The van der Waals surface area contributed by atoms with Crippen molar-refractivity contribution >= 4 is 23.3 Å². The van der Waals surface area contributed by atoms with E-state index >= 15 is 0 Å². The molecule has 0 fully saturated rings. The van der Waals surface area contributed by atoms with Gasteiger partial charge in [0, 0.05) is 6.07 Å². The number of hydrogen-bond acceptors (Lipinski definition) is 5. The van der Waals surface area contributed by atoms with E-state index in [-0.39, 0.29) is 11.4 Å². The Morgan fingerprint density at radius 1 is 1.12 bits per heavy atom. The van der Waals surface area contributed by atoms with Crippen LogP contribution in [0, 0.1) is 17.0 Å². The zero-order chi connectivity index (χ0) is 17.7. The molecule has 0 aliphatic rings. The van der Waals surface area contributed by atoms with Gasteiger partial charge >= 0.3 is 5.97 Å². The number of anilines is 1. The summed E-state index contributed by atoms with van der Waals surface area (Å²) < 4.78 is 5.13. The number of aryl methyl sites for hydroxylation is 1. The first kappa shape index (κ1) is 17.1. The van der Waals surface area contributed by atoms with Crippen LogP contribution in [0.1, 0.15) is 22.8 Å². The van der Waals surface area contributed by atoms with Crippen molar-refractivity contribution in [2.24, 2.45) is 0 Å². The summed E-state index contributed by atoms with van der Waals surface area (Å²) >= 11 is 0. The lowest BCUT2D eigenvalue weighted by atomic mass is 10.1. The number of carbonyl (C=O) groups is 2. The Hall–Kier alpha value is -3.22. The molecule has 0 unspecified atom stereocenters. The molecule has 7 heteroatoms. The lowest BCUT2D eigenvalue weighted by Gasteiger charge is -2.14. The van der Waals surface area contributed by atoms with Crippen LogP contribution in [-0.2, 0) is 9.53 Å². The topological polar surface area (TPSA) is 98.5 Å². The smallest absolute Gasteiger partial charge is 0.339 e. The van der Waals surface area contributed by atoms with E-state index in [0.29, 0.717) is 5.56 Å². The minimum atomic E-state index is -1.10. The molecule has 0 aromatic heterocycles. The standard InChI is InChI=1S/C17H16N2O5/c1-11-7-3-4-8-13(11)17(21)24-12(2)16(20)18-14-9-5-6-10-15(14)19(22)23/h3-10,12H,1-2H3,(H,18,20)/t12-/m1/s1. The number of hydrogen-bond donors (Lipinski definition) is 1. The Kier molecular flexibility index (Phi) is 5.26. The summed E-state index contributed by atoms with van der Waals surface area (Å²) in [4.78, 5) is 34.6. The average molecular weight is 328 g/mol. The number of amides is 1. The maximum Gasteiger partial charge on any atom is 0.339 e. The van der Waals surface area contributed by atoms with Gasteiger partial charge in [-0.15, -0.1) is 0 Å². The maximum absolute atomic E-state index is 12.1. The number of nitro groups is 1. The molecular weight excluding hydrogens is 312 g/mol. The van der Waals surface area contributed by atoms with E-state index in [1.165, 1.54) is 25.1 Å². The highest BCUT2D eigenvalue weighted by atomic mass is 16.6. The van der Waals surface area contributed by atoms with E-state index < -0.39 is 22.9 Å². The van der Waals surface area contributed by atoms with Crippen LogP contribution in [0.3, 0.4) is 0 Å². The van der Waals surface area contributed by atoms with Gasteiger partial charge in [-0.05, 0) is 31.5 Å². The van der Waals surface area contributed by atoms with Gasteiger partial charge in [-0.25, -0.2) is 4.79 Å². The number of benzene rings is 2. The van der Waals surface area contributed by atoms with Gasteiger partial charge in [-0.2, -0.15) is 0 Å². The number of nitrogens with one attached hydrogen (secondary N) is 1. The fourth-order valence-electron chi connectivity index (χ4n) is 2.05. The van der Waals surface area contributed by atoms with Crippen molar-refractivity contribution < 1.29 is 19.2 Å². The molecule has 0 spiro atoms. The Morgan fingerprint density at radius 2 is 1.75 bits per heavy atom. The zero-order valence-corrected chi connectivity index (χ0v) is 13.2. The van der Waals surface area contributed by atoms with Crippen molar-refractivity contribution in [2.45, 2.75) is 20.0 Å². The van der Waals surface area contributed by atoms with Gasteiger partial charge in [-0.3, -0.25) is 14.9 Å². The summed E-state index contributed by atoms with van der Waals surface area (Å²) in [5.74, 6) is -1.27. The average Bonchev–Trinajstić information content (AvgIpc) is 2.55. The van der Waals surface area contributed by atoms with E-state index in [2.05, 4.69) is 5.32 Å². The fraction of sp³-hybridized carbons (Fsp3) is 0.176. The highest BCUT2D eigenvalue weighted by molar-refractivity contribution is 5.98. The number of para-hydroxylation sites is 2. The molecule has 24 heavy (non-hydrogen) atoms. The third kappa shape index (κ3) is 3.95. The van der Waals surface area contributed by atoms with Gasteiger partial charge in [-0.1, -0.05) is 30.3 Å². The summed E-state index contributed by atoms with van der Waals surface area (Å²) in [5, 5.41) is 13.3. The van der Waals surface area contributed by atoms with E-state index in [4.69, 9.17) is 4.74 Å². The molecule has 7 nitrogen and oxygen atoms in total. The number of nitro benzene ring substituents is 1. The molecule has 2 aromatic rings. The Balaban J connectivity index is 2.07. The number of rotatable bonds is 5. The second-order valence-electron chi connectivity index (χ2n) is 5.13. The summed E-state index contributed by atoms with van der Waals surface area (Å²) in [7, 11) is 0. The summed E-state index contributed by atoms with van der Waals surface area (Å²) in [6.45, 7) is 3.16. The van der Waals surface area contributed by atoms with Crippen molar-refractivity contribution in [1.82, 2.24) is 0 Å². The number of nitrogens with zero attached hydrogens (tertiary/aromatic N) is 1. The SMILES string of the molecule is Cc1ccccc1C(=O)O[C@H](C)C(=O)Nc1ccccc1[N+](=O)[O-]. The van der Waals surface area contributed by atoms with Crippen LogP contribution < -0.4 is 5.32 Å². The molecule has 2 rings (SSSR count). The van der Waals surface area contributed by atoms with E-state index in [1.807, 2.05) is 0 Å². The normalized spacial score (nSPS) is 11.4. The summed E-state index contributed by atoms with van der Waals surface area (Å²) in [6, 6.07) is 12.6. The summed E-state index contributed by atoms with van der Waals surface area (Å²) in [5.41, 5.74) is 0.909. The minimum absolute atomic E-state index is 0.0475. The molecule has 124 valence electrons. The number of ether oxygens (including phenoxy) is 1. The quantitative estimate of drug-likeness (QED) is 0.516. The van der Waals surface area contributed by atoms with Crippen molar-refractivity contribution in [2.75, 3.05) is 5.32 Å². The van der Waals surface area contributed by atoms with Crippen LogP contribution in [0.25, 0.3) is 0 Å². The third-order valence-corrected chi connectivity index (χ3v) is 3.38. The van der Waals surface area contributed by atoms with Gasteiger partial charge in [0.1, 0.15) is 5.69 Å². The first-order chi connectivity index (χ1) is 11.4. The summed E-state index contributed by atoms with van der Waals surface area (Å²) in [6.07, 6.45) is -1.10. The van der Waals surface area contributed by atoms with E-state index in [0.717, 1.165) is 5.56 Å². The molecule has 0 radical (unpaired) electrons. The molecule has 0 heterocycles. The van der Waals surface area contributed by atoms with Crippen molar-refractivity contribution in [3.8, 4) is 0 Å². The lowest BCUT2D eigenvalue weighted by molar-refractivity contribution is -0.383. The first-order valence-electron chi connectivity index (χ1n) is 7.21. The Bertz CT molecular complexity index is 788. The monoisotopic (exact) mass is 328 g/mol. The molecule has 1 N–H and O–H groups in total.